The van der Waals surface area contributed by atoms with Crippen LogP contribution in [0.2, 0.25) is 0 Å². The van der Waals surface area contributed by atoms with Gasteiger partial charge >= 0.3 is 0 Å². The number of nitrogens with zero attached hydrogens (tertiary/aromatic N) is 2. The van der Waals surface area contributed by atoms with Gasteiger partial charge in [0, 0.05) is 39.6 Å². The zero-order valence-electron chi connectivity index (χ0n) is 26.5. The molecule has 7 aromatic rings. The lowest BCUT2D eigenvalue weighted by molar-refractivity contribution is 0.434. The largest absolute Gasteiger partial charge is 0.457 e. The van der Waals surface area contributed by atoms with Crippen LogP contribution in [0.4, 0.5) is 17.1 Å². The minimum Gasteiger partial charge on any atom is -0.457 e. The Bertz CT molecular complexity index is 2360. The minimum absolute atomic E-state index is 0.0445. The summed E-state index contributed by atoms with van der Waals surface area (Å²) in [6, 6.07) is 46.9. The molecule has 9 rings (SSSR count). The Kier molecular flexibility index (Phi) is 5.88. The van der Waals surface area contributed by atoms with Crippen molar-refractivity contribution in [1.82, 2.24) is 4.57 Å². The number of rotatable bonds is 2. The minimum atomic E-state index is -0.613. The fourth-order valence-corrected chi connectivity index (χ4v) is 7.81. The number of para-hydroxylation sites is 3. The quantitative estimate of drug-likeness (QED) is 0.196. The summed E-state index contributed by atoms with van der Waals surface area (Å²) in [6.45, 7) is 6.22. The number of ether oxygens (including phenoxy) is 1. The van der Waals surface area contributed by atoms with Gasteiger partial charge < -0.3 is 14.2 Å². The maximum Gasteiger partial charge on any atom is 0.192 e. The van der Waals surface area contributed by atoms with Crippen LogP contribution in [0.15, 0.2) is 144 Å². The van der Waals surface area contributed by atoms with E-state index in [9.17, 15) is 4.79 Å². The molecule has 0 fully saturated rings. The van der Waals surface area contributed by atoms with Crippen molar-refractivity contribution < 1.29 is 4.74 Å². The summed E-state index contributed by atoms with van der Waals surface area (Å²) in [5.74, 6) is 1.73. The average molecular weight is 609 g/mol. The molecule has 2 aliphatic heterocycles. The number of benzene rings is 6. The first kappa shape index (κ1) is 27.4. The predicted octanol–water partition coefficient (Wildman–Crippen LogP) is 10.2. The number of pyridine rings is 1. The van der Waals surface area contributed by atoms with Crippen molar-refractivity contribution in [3.05, 3.63) is 189 Å². The van der Waals surface area contributed by atoms with Crippen molar-refractivity contribution in [2.24, 2.45) is 0 Å². The Labute approximate surface area is 273 Å². The molecule has 6 aromatic carbocycles. The molecule has 1 aromatic heterocycles. The second-order valence-corrected chi connectivity index (χ2v) is 12.8. The first-order valence-corrected chi connectivity index (χ1v) is 16.1. The molecule has 0 radical (unpaired) electrons. The van der Waals surface area contributed by atoms with Crippen LogP contribution in [-0.4, -0.2) is 4.57 Å². The van der Waals surface area contributed by atoms with E-state index in [0.29, 0.717) is 10.9 Å². The summed E-state index contributed by atoms with van der Waals surface area (Å²) in [6.07, 6.45) is 1.94. The first-order chi connectivity index (χ1) is 22.9. The van der Waals surface area contributed by atoms with Crippen LogP contribution in [0, 0.1) is 20.8 Å². The van der Waals surface area contributed by atoms with Crippen molar-refractivity contribution in [2.45, 2.75) is 26.2 Å². The van der Waals surface area contributed by atoms with Gasteiger partial charge in [-0.2, -0.15) is 0 Å². The summed E-state index contributed by atoms with van der Waals surface area (Å²) in [5.41, 5.74) is 12.1. The van der Waals surface area contributed by atoms with E-state index >= 15 is 0 Å². The SMILES string of the molecule is Cc1ccc2c(c1)C1(c3ccccc3Oc3ccccc31)c1cc(C)ccc1N2c1ccc2c(c1)c(=O)c(C)cn2-c1ccccc1. The Balaban J connectivity index is 1.38. The highest BCUT2D eigenvalue weighted by Gasteiger charge is 2.51. The fourth-order valence-electron chi connectivity index (χ4n) is 7.81. The third-order valence-electron chi connectivity index (χ3n) is 9.85. The molecule has 0 unspecified atom stereocenters. The maximum absolute atomic E-state index is 13.8. The zero-order chi connectivity index (χ0) is 31.9. The molecule has 0 bridgehead atoms. The van der Waals surface area contributed by atoms with Crippen molar-refractivity contribution in [3.63, 3.8) is 0 Å². The molecular formula is C43H32N2O2. The molecule has 0 saturated carbocycles. The van der Waals surface area contributed by atoms with Gasteiger partial charge in [-0.3, -0.25) is 4.79 Å². The maximum atomic E-state index is 13.8. The molecule has 47 heavy (non-hydrogen) atoms. The van der Waals surface area contributed by atoms with E-state index < -0.39 is 5.41 Å². The van der Waals surface area contributed by atoms with Crippen LogP contribution in [0.25, 0.3) is 16.6 Å². The van der Waals surface area contributed by atoms with E-state index in [1.165, 1.54) is 22.3 Å². The van der Waals surface area contributed by atoms with Gasteiger partial charge in [0.05, 0.1) is 22.3 Å². The van der Waals surface area contributed by atoms with Crippen LogP contribution >= 0.6 is 0 Å². The van der Waals surface area contributed by atoms with E-state index in [1.54, 1.807) is 0 Å². The lowest BCUT2D eigenvalue weighted by Gasteiger charge is -2.48. The van der Waals surface area contributed by atoms with Gasteiger partial charge in [-0.15, -0.1) is 0 Å². The lowest BCUT2D eigenvalue weighted by Crippen LogP contribution is -2.40. The van der Waals surface area contributed by atoms with E-state index in [0.717, 1.165) is 50.9 Å². The molecule has 4 nitrogen and oxygen atoms in total. The van der Waals surface area contributed by atoms with Crippen molar-refractivity contribution in [2.75, 3.05) is 4.90 Å². The van der Waals surface area contributed by atoms with Gasteiger partial charge in [0.15, 0.2) is 5.43 Å². The summed E-state index contributed by atoms with van der Waals surface area (Å²) >= 11 is 0. The van der Waals surface area contributed by atoms with E-state index in [-0.39, 0.29) is 5.43 Å². The molecule has 226 valence electrons. The predicted molar refractivity (Wildman–Crippen MR) is 190 cm³/mol. The second kappa shape index (κ2) is 10.1. The Morgan fingerprint density at radius 1 is 0.553 bits per heavy atom. The van der Waals surface area contributed by atoms with Gasteiger partial charge in [0.1, 0.15) is 11.5 Å². The third kappa shape index (κ3) is 3.85. The number of fused-ring (bicyclic) bond motifs is 9. The van der Waals surface area contributed by atoms with Gasteiger partial charge in [-0.25, -0.2) is 0 Å². The van der Waals surface area contributed by atoms with Crippen molar-refractivity contribution in [3.8, 4) is 17.2 Å². The summed E-state index contributed by atoms with van der Waals surface area (Å²) in [5, 5.41) is 0.690. The molecule has 1 spiro atoms. The molecule has 2 aliphatic rings. The lowest BCUT2D eigenvalue weighted by atomic mass is 9.61. The molecule has 0 aliphatic carbocycles. The van der Waals surface area contributed by atoms with Crippen LogP contribution in [-0.2, 0) is 5.41 Å². The third-order valence-corrected chi connectivity index (χ3v) is 9.85. The highest BCUT2D eigenvalue weighted by molar-refractivity contribution is 5.94. The number of aromatic nitrogens is 1. The molecule has 3 heterocycles. The van der Waals surface area contributed by atoms with E-state index in [4.69, 9.17) is 4.74 Å². The van der Waals surface area contributed by atoms with Crippen LogP contribution in [0.5, 0.6) is 11.5 Å². The summed E-state index contributed by atoms with van der Waals surface area (Å²) in [4.78, 5) is 16.1. The van der Waals surface area contributed by atoms with E-state index in [2.05, 4.69) is 126 Å². The van der Waals surface area contributed by atoms with Crippen LogP contribution in [0.3, 0.4) is 0 Å². The highest BCUT2D eigenvalue weighted by Crippen LogP contribution is 2.62. The number of anilines is 3. The zero-order valence-corrected chi connectivity index (χ0v) is 26.5. The van der Waals surface area contributed by atoms with E-state index in [1.807, 2.05) is 43.5 Å². The highest BCUT2D eigenvalue weighted by atomic mass is 16.5. The monoisotopic (exact) mass is 608 g/mol. The topological polar surface area (TPSA) is 34.5 Å². The Morgan fingerprint density at radius 3 is 1.74 bits per heavy atom. The Hall–Kier alpha value is -5.87. The Morgan fingerprint density at radius 2 is 1.13 bits per heavy atom. The standard InChI is InChI=1S/C43H32N2O2/c1-27-17-20-38-35(23-27)43(33-13-7-9-15-40(33)47-41-16-10-8-14-34(41)43)36-24-28(2)18-21-39(36)45(38)31-19-22-37-32(25-31)42(46)29(3)26-44(37)30-11-5-4-6-12-30/h4-26H,1-3H3. The van der Waals surface area contributed by atoms with Crippen molar-refractivity contribution >= 4 is 28.0 Å². The first-order valence-electron chi connectivity index (χ1n) is 16.1. The van der Waals surface area contributed by atoms with Gasteiger partial charge in [-0.1, -0.05) is 90.0 Å². The van der Waals surface area contributed by atoms with Crippen molar-refractivity contribution in [1.29, 1.82) is 0 Å². The molecule has 0 amide bonds. The van der Waals surface area contributed by atoms with Gasteiger partial charge in [-0.05, 0) is 86.5 Å². The second-order valence-electron chi connectivity index (χ2n) is 12.8. The molecule has 0 atom stereocenters. The molecule has 0 N–H and O–H groups in total. The van der Waals surface area contributed by atoms with Crippen LogP contribution < -0.4 is 15.1 Å². The van der Waals surface area contributed by atoms with Gasteiger partial charge in [0.2, 0.25) is 0 Å². The average Bonchev–Trinajstić information content (AvgIpc) is 3.10. The van der Waals surface area contributed by atoms with Gasteiger partial charge in [0.25, 0.3) is 0 Å². The molecular weight excluding hydrogens is 576 g/mol. The number of aryl methyl sites for hydroxylation is 3. The normalized spacial score (nSPS) is 13.8. The summed E-state index contributed by atoms with van der Waals surface area (Å²) in [7, 11) is 0. The summed E-state index contributed by atoms with van der Waals surface area (Å²) < 4.78 is 8.69. The smallest absolute Gasteiger partial charge is 0.192 e. The molecule has 0 saturated heterocycles. The number of hydrogen-bond acceptors (Lipinski definition) is 3. The number of hydrogen-bond donors (Lipinski definition) is 0. The fraction of sp³-hybridized carbons (Fsp3) is 0.0930. The van der Waals surface area contributed by atoms with Crippen LogP contribution in [0.1, 0.15) is 38.9 Å². The molecule has 4 heteroatoms.